The van der Waals surface area contributed by atoms with Gasteiger partial charge < -0.3 is 14.9 Å². The van der Waals surface area contributed by atoms with E-state index in [1.165, 1.54) is 0 Å². The first-order chi connectivity index (χ1) is 11.2. The van der Waals surface area contributed by atoms with E-state index in [4.69, 9.17) is 16.6 Å². The Bertz CT molecular complexity index is 843. The van der Waals surface area contributed by atoms with Gasteiger partial charge in [0.2, 0.25) is 0 Å². The van der Waals surface area contributed by atoms with Crippen LogP contribution in [0, 0.1) is 0 Å². The second kappa shape index (κ2) is 5.91. The molecule has 0 atom stereocenters. The Hall–Kier alpha value is -1.98. The van der Waals surface area contributed by atoms with Crippen LogP contribution in [0.1, 0.15) is 0 Å². The molecule has 2 aromatic carbocycles. The van der Waals surface area contributed by atoms with Crippen molar-refractivity contribution in [3.05, 3.63) is 47.5 Å². The number of thiazole rings is 1. The third-order valence-corrected chi connectivity index (χ3v) is 5.43. The van der Waals surface area contributed by atoms with Crippen molar-refractivity contribution in [3.63, 3.8) is 0 Å². The molecule has 1 N–H and O–H groups in total. The van der Waals surface area contributed by atoms with Crippen LogP contribution in [0.15, 0.2) is 42.5 Å². The molecular weight excluding hydrogens is 330 g/mol. The van der Waals surface area contributed by atoms with Gasteiger partial charge in [-0.1, -0.05) is 35.1 Å². The topological polar surface area (TPSA) is 39.6 Å². The van der Waals surface area contributed by atoms with Crippen LogP contribution in [0.4, 0.5) is 10.8 Å². The molecule has 118 valence electrons. The van der Waals surface area contributed by atoms with Crippen LogP contribution in [0.5, 0.6) is 5.75 Å². The summed E-state index contributed by atoms with van der Waals surface area (Å²) >= 11 is 7.73. The minimum Gasteiger partial charge on any atom is -0.506 e. The SMILES string of the molecule is Oc1ccccc1N1CCN(c2nc3ccc(Cl)cc3s2)CC1. The Labute approximate surface area is 143 Å². The fourth-order valence-corrected chi connectivity index (χ4v) is 4.19. The van der Waals surface area contributed by atoms with Crippen molar-refractivity contribution in [2.75, 3.05) is 36.0 Å². The summed E-state index contributed by atoms with van der Waals surface area (Å²) < 4.78 is 1.12. The van der Waals surface area contributed by atoms with E-state index in [1.807, 2.05) is 36.4 Å². The van der Waals surface area contributed by atoms with Gasteiger partial charge >= 0.3 is 0 Å². The van der Waals surface area contributed by atoms with Crippen LogP contribution in [0.2, 0.25) is 5.02 Å². The Morgan fingerprint density at radius 3 is 2.52 bits per heavy atom. The summed E-state index contributed by atoms with van der Waals surface area (Å²) in [6.07, 6.45) is 0. The predicted molar refractivity (Wildman–Crippen MR) is 97.2 cm³/mol. The van der Waals surface area contributed by atoms with Crippen molar-refractivity contribution in [1.29, 1.82) is 0 Å². The molecule has 1 fully saturated rings. The molecule has 23 heavy (non-hydrogen) atoms. The fourth-order valence-electron chi connectivity index (χ4n) is 2.89. The highest BCUT2D eigenvalue weighted by atomic mass is 35.5. The van der Waals surface area contributed by atoms with Crippen molar-refractivity contribution in [2.45, 2.75) is 0 Å². The third-order valence-electron chi connectivity index (χ3n) is 4.11. The zero-order chi connectivity index (χ0) is 15.8. The van der Waals surface area contributed by atoms with Crippen LogP contribution >= 0.6 is 22.9 Å². The van der Waals surface area contributed by atoms with Crippen LogP contribution < -0.4 is 9.80 Å². The number of para-hydroxylation sites is 2. The molecule has 1 aromatic heterocycles. The number of aromatic nitrogens is 1. The minimum absolute atomic E-state index is 0.343. The predicted octanol–water partition coefficient (Wildman–Crippen LogP) is 3.98. The lowest BCUT2D eigenvalue weighted by Crippen LogP contribution is -2.46. The Balaban J connectivity index is 1.51. The maximum atomic E-state index is 9.99. The highest BCUT2D eigenvalue weighted by molar-refractivity contribution is 7.22. The third kappa shape index (κ3) is 2.82. The lowest BCUT2D eigenvalue weighted by atomic mass is 10.2. The summed E-state index contributed by atoms with van der Waals surface area (Å²) in [7, 11) is 0. The molecule has 4 nitrogen and oxygen atoms in total. The molecule has 0 saturated carbocycles. The molecule has 1 aliphatic rings. The first kappa shape index (κ1) is 14.6. The normalized spacial score (nSPS) is 15.3. The van der Waals surface area contributed by atoms with Crippen LogP contribution in [-0.4, -0.2) is 36.3 Å². The van der Waals surface area contributed by atoms with E-state index in [-0.39, 0.29) is 0 Å². The van der Waals surface area contributed by atoms with E-state index in [1.54, 1.807) is 17.4 Å². The lowest BCUT2D eigenvalue weighted by Gasteiger charge is -2.36. The molecule has 0 amide bonds. The van der Waals surface area contributed by atoms with Gasteiger partial charge in [0.05, 0.1) is 15.9 Å². The van der Waals surface area contributed by atoms with Crippen molar-refractivity contribution in [3.8, 4) is 5.75 Å². The molecule has 4 rings (SSSR count). The van der Waals surface area contributed by atoms with Crippen molar-refractivity contribution in [2.24, 2.45) is 0 Å². The maximum Gasteiger partial charge on any atom is 0.186 e. The molecule has 0 unspecified atom stereocenters. The van der Waals surface area contributed by atoms with Gasteiger partial charge in [-0.3, -0.25) is 0 Å². The summed E-state index contributed by atoms with van der Waals surface area (Å²) in [6.45, 7) is 3.52. The summed E-state index contributed by atoms with van der Waals surface area (Å²) in [5.41, 5.74) is 1.90. The zero-order valence-corrected chi connectivity index (χ0v) is 14.0. The molecule has 0 aliphatic carbocycles. The van der Waals surface area contributed by atoms with E-state index in [0.717, 1.165) is 52.2 Å². The average molecular weight is 346 g/mol. The smallest absolute Gasteiger partial charge is 0.186 e. The maximum absolute atomic E-state index is 9.99. The molecule has 6 heteroatoms. The molecule has 0 radical (unpaired) electrons. The number of benzene rings is 2. The number of piperazine rings is 1. The van der Waals surface area contributed by atoms with E-state index >= 15 is 0 Å². The van der Waals surface area contributed by atoms with Crippen molar-refractivity contribution < 1.29 is 5.11 Å². The first-order valence-electron chi connectivity index (χ1n) is 7.55. The number of hydrogen-bond acceptors (Lipinski definition) is 5. The summed E-state index contributed by atoms with van der Waals surface area (Å²) in [6, 6.07) is 13.3. The number of phenols is 1. The zero-order valence-electron chi connectivity index (χ0n) is 12.4. The van der Waals surface area contributed by atoms with Gasteiger partial charge in [-0.2, -0.15) is 0 Å². The standard InChI is InChI=1S/C17H16ClN3OS/c18-12-5-6-13-16(11-12)23-17(19-13)21-9-7-20(8-10-21)14-3-1-2-4-15(14)22/h1-6,11,22H,7-10H2. The first-order valence-corrected chi connectivity index (χ1v) is 8.74. The number of rotatable bonds is 2. The van der Waals surface area contributed by atoms with Gasteiger partial charge in [0.25, 0.3) is 0 Å². The Morgan fingerprint density at radius 2 is 1.74 bits per heavy atom. The summed E-state index contributed by atoms with van der Waals surface area (Å²) in [4.78, 5) is 9.23. The van der Waals surface area contributed by atoms with Crippen LogP contribution in [0.25, 0.3) is 10.2 Å². The molecule has 0 bridgehead atoms. The van der Waals surface area contributed by atoms with Gasteiger partial charge in [-0.15, -0.1) is 0 Å². The molecule has 0 spiro atoms. The van der Waals surface area contributed by atoms with Crippen molar-refractivity contribution >= 4 is 44.0 Å². The second-order valence-corrected chi connectivity index (χ2v) is 7.02. The quantitative estimate of drug-likeness (QED) is 0.762. The molecule has 2 heterocycles. The van der Waals surface area contributed by atoms with Gasteiger partial charge in [0.15, 0.2) is 5.13 Å². The lowest BCUT2D eigenvalue weighted by molar-refractivity contribution is 0.472. The highest BCUT2D eigenvalue weighted by Gasteiger charge is 2.21. The molecular formula is C17H16ClN3OS. The number of phenolic OH excluding ortho intramolecular Hbond substituents is 1. The Morgan fingerprint density at radius 1 is 1.00 bits per heavy atom. The van der Waals surface area contributed by atoms with Crippen molar-refractivity contribution in [1.82, 2.24) is 4.98 Å². The fraction of sp³-hybridized carbons (Fsp3) is 0.235. The summed E-state index contributed by atoms with van der Waals surface area (Å²) in [5.74, 6) is 0.343. The van der Waals surface area contributed by atoms with Gasteiger partial charge in [-0.25, -0.2) is 4.98 Å². The average Bonchev–Trinajstić information content (AvgIpc) is 2.98. The number of anilines is 2. The molecule has 1 saturated heterocycles. The van der Waals surface area contributed by atoms with Gasteiger partial charge in [0.1, 0.15) is 5.75 Å². The number of halogens is 1. The van der Waals surface area contributed by atoms with Crippen LogP contribution in [-0.2, 0) is 0 Å². The van der Waals surface area contributed by atoms with E-state index in [2.05, 4.69) is 9.80 Å². The highest BCUT2D eigenvalue weighted by Crippen LogP contribution is 2.32. The summed E-state index contributed by atoms with van der Waals surface area (Å²) in [5, 5.41) is 11.8. The number of hydrogen-bond donors (Lipinski definition) is 1. The van der Waals surface area contributed by atoms with Gasteiger partial charge in [-0.05, 0) is 30.3 Å². The molecule has 3 aromatic rings. The number of fused-ring (bicyclic) bond motifs is 1. The number of nitrogens with zero attached hydrogens (tertiary/aromatic N) is 3. The second-order valence-electron chi connectivity index (χ2n) is 5.57. The molecule has 1 aliphatic heterocycles. The largest absolute Gasteiger partial charge is 0.506 e. The van der Waals surface area contributed by atoms with E-state index in [0.29, 0.717) is 5.75 Å². The van der Waals surface area contributed by atoms with Crippen LogP contribution in [0.3, 0.4) is 0 Å². The van der Waals surface area contributed by atoms with E-state index < -0.39 is 0 Å². The van der Waals surface area contributed by atoms with Gasteiger partial charge in [0, 0.05) is 31.2 Å². The monoisotopic (exact) mass is 345 g/mol. The minimum atomic E-state index is 0.343. The Kier molecular flexibility index (Phi) is 3.75. The van der Waals surface area contributed by atoms with E-state index in [9.17, 15) is 5.11 Å². The number of aromatic hydroxyl groups is 1.